The summed E-state index contributed by atoms with van der Waals surface area (Å²) >= 11 is 12.3. The molecule has 28 heavy (non-hydrogen) atoms. The van der Waals surface area contributed by atoms with Crippen molar-refractivity contribution >= 4 is 29.0 Å². The Morgan fingerprint density at radius 1 is 0.714 bits per heavy atom. The number of rotatable bonds is 3. The number of nitrogens with zero attached hydrogens (tertiary/aromatic N) is 2. The molecule has 0 saturated heterocycles. The van der Waals surface area contributed by atoms with Gasteiger partial charge in [-0.2, -0.15) is 0 Å². The quantitative estimate of drug-likeness (QED) is 0.413. The second-order valence-electron chi connectivity index (χ2n) is 6.56. The van der Waals surface area contributed by atoms with Gasteiger partial charge < -0.3 is 5.73 Å². The maximum atomic E-state index is 6.20. The predicted molar refractivity (Wildman–Crippen MR) is 118 cm³/mol. The molecule has 0 aliphatic rings. The summed E-state index contributed by atoms with van der Waals surface area (Å²) in [5, 5.41) is 1.08. The molecule has 0 fully saturated rings. The number of halogens is 2. The summed E-state index contributed by atoms with van der Waals surface area (Å²) in [6.07, 6.45) is 1.78. The molecular weight excluding hydrogens is 389 g/mol. The van der Waals surface area contributed by atoms with Crippen LogP contribution in [0.1, 0.15) is 5.69 Å². The van der Waals surface area contributed by atoms with E-state index in [9.17, 15) is 0 Å². The molecule has 3 nitrogen and oxygen atoms in total. The normalized spacial score (nSPS) is 10.8. The summed E-state index contributed by atoms with van der Waals surface area (Å²) in [6, 6.07) is 21.7. The van der Waals surface area contributed by atoms with Crippen LogP contribution in [-0.2, 0) is 0 Å². The number of nitrogens with two attached hydrogens (primary N) is 1. The molecule has 2 heterocycles. The van der Waals surface area contributed by atoms with Crippen LogP contribution in [0.4, 0.5) is 5.82 Å². The predicted octanol–water partition coefficient (Wildman–Crippen LogP) is 6.68. The maximum absolute atomic E-state index is 6.20. The molecule has 0 aliphatic carbocycles. The number of aryl methyl sites for hydroxylation is 1. The van der Waals surface area contributed by atoms with Crippen LogP contribution in [0.5, 0.6) is 0 Å². The minimum absolute atomic E-state index is 0.506. The van der Waals surface area contributed by atoms with Crippen molar-refractivity contribution in [1.29, 1.82) is 0 Å². The van der Waals surface area contributed by atoms with E-state index in [0.717, 1.165) is 39.2 Å². The molecule has 0 amide bonds. The van der Waals surface area contributed by atoms with E-state index in [4.69, 9.17) is 33.9 Å². The minimum Gasteiger partial charge on any atom is -0.384 e. The SMILES string of the molecule is Cc1cc(-c2ccc(Cl)c(Cl)c2)cc(-c2cccc(-c3ccc(N)nc3)c2)n1. The van der Waals surface area contributed by atoms with Gasteiger partial charge in [0, 0.05) is 23.0 Å². The fourth-order valence-corrected chi connectivity index (χ4v) is 3.39. The Kier molecular flexibility index (Phi) is 5.03. The third-order valence-electron chi connectivity index (χ3n) is 4.48. The lowest BCUT2D eigenvalue weighted by atomic mass is 9.99. The Morgan fingerprint density at radius 2 is 1.46 bits per heavy atom. The zero-order chi connectivity index (χ0) is 19.7. The van der Waals surface area contributed by atoms with E-state index < -0.39 is 0 Å². The van der Waals surface area contributed by atoms with Gasteiger partial charge >= 0.3 is 0 Å². The Hall–Kier alpha value is -2.88. The fourth-order valence-electron chi connectivity index (χ4n) is 3.09. The standard InChI is InChI=1S/C23H17Cl2N3/c1-14-9-19(16-5-7-20(24)21(25)11-16)12-22(28-14)17-4-2-3-15(10-17)18-6-8-23(26)27-13-18/h2-13H,1H3,(H2,26,27). The van der Waals surface area contributed by atoms with Crippen molar-refractivity contribution in [1.82, 2.24) is 9.97 Å². The van der Waals surface area contributed by atoms with E-state index in [-0.39, 0.29) is 0 Å². The van der Waals surface area contributed by atoms with E-state index in [2.05, 4.69) is 23.2 Å². The van der Waals surface area contributed by atoms with Crippen molar-refractivity contribution < 1.29 is 0 Å². The van der Waals surface area contributed by atoms with E-state index in [1.54, 1.807) is 12.3 Å². The molecule has 0 spiro atoms. The highest BCUT2D eigenvalue weighted by molar-refractivity contribution is 6.42. The highest BCUT2D eigenvalue weighted by Gasteiger charge is 2.08. The third kappa shape index (κ3) is 3.86. The van der Waals surface area contributed by atoms with Crippen LogP contribution in [0.2, 0.25) is 10.0 Å². The second kappa shape index (κ2) is 7.63. The summed E-state index contributed by atoms with van der Waals surface area (Å²) in [4.78, 5) is 8.90. The Balaban J connectivity index is 1.77. The third-order valence-corrected chi connectivity index (χ3v) is 5.22. The number of nitrogen functional groups attached to an aromatic ring is 1. The first-order valence-electron chi connectivity index (χ1n) is 8.76. The molecule has 0 bridgehead atoms. The van der Waals surface area contributed by atoms with Crippen LogP contribution in [0.15, 0.2) is 72.9 Å². The summed E-state index contributed by atoms with van der Waals surface area (Å²) in [7, 11) is 0. The van der Waals surface area contributed by atoms with Gasteiger partial charge in [0.05, 0.1) is 15.7 Å². The number of pyridine rings is 2. The number of anilines is 1. The molecule has 0 unspecified atom stereocenters. The number of hydrogen-bond donors (Lipinski definition) is 1. The largest absolute Gasteiger partial charge is 0.384 e. The first-order valence-corrected chi connectivity index (χ1v) is 9.52. The van der Waals surface area contributed by atoms with Crippen LogP contribution in [-0.4, -0.2) is 9.97 Å². The molecule has 0 radical (unpaired) electrons. The van der Waals surface area contributed by atoms with Gasteiger partial charge in [0.1, 0.15) is 5.82 Å². The molecule has 0 saturated carbocycles. The van der Waals surface area contributed by atoms with Crippen LogP contribution < -0.4 is 5.73 Å². The average molecular weight is 406 g/mol. The van der Waals surface area contributed by atoms with Crippen molar-refractivity contribution in [2.45, 2.75) is 6.92 Å². The smallest absolute Gasteiger partial charge is 0.123 e. The summed E-state index contributed by atoms with van der Waals surface area (Å²) in [6.45, 7) is 1.98. The van der Waals surface area contributed by atoms with Crippen LogP contribution in [0.25, 0.3) is 33.5 Å². The molecule has 138 valence electrons. The summed E-state index contributed by atoms with van der Waals surface area (Å²) < 4.78 is 0. The fraction of sp³-hybridized carbons (Fsp3) is 0.0435. The van der Waals surface area contributed by atoms with Crippen LogP contribution in [0, 0.1) is 6.92 Å². The zero-order valence-corrected chi connectivity index (χ0v) is 16.7. The van der Waals surface area contributed by atoms with Crippen molar-refractivity contribution in [2.24, 2.45) is 0 Å². The monoisotopic (exact) mass is 405 g/mol. The van der Waals surface area contributed by atoms with Gasteiger partial charge in [0.25, 0.3) is 0 Å². The number of benzene rings is 2. The second-order valence-corrected chi connectivity index (χ2v) is 7.38. The van der Waals surface area contributed by atoms with E-state index >= 15 is 0 Å². The van der Waals surface area contributed by atoms with Gasteiger partial charge in [-0.15, -0.1) is 0 Å². The van der Waals surface area contributed by atoms with Gasteiger partial charge in [-0.1, -0.05) is 47.5 Å². The average Bonchev–Trinajstić information content (AvgIpc) is 2.70. The molecule has 2 N–H and O–H groups in total. The highest BCUT2D eigenvalue weighted by atomic mass is 35.5. The van der Waals surface area contributed by atoms with E-state index in [1.165, 1.54) is 0 Å². The molecule has 5 heteroatoms. The number of hydrogen-bond acceptors (Lipinski definition) is 3. The van der Waals surface area contributed by atoms with Crippen LogP contribution >= 0.6 is 23.2 Å². The van der Waals surface area contributed by atoms with E-state index in [0.29, 0.717) is 15.9 Å². The van der Waals surface area contributed by atoms with Crippen molar-refractivity contribution in [3.8, 4) is 33.5 Å². The Bertz CT molecular complexity index is 1150. The lowest BCUT2D eigenvalue weighted by molar-refractivity contribution is 1.21. The topological polar surface area (TPSA) is 51.8 Å². The first kappa shape index (κ1) is 18.5. The highest BCUT2D eigenvalue weighted by Crippen LogP contribution is 2.32. The molecule has 2 aromatic heterocycles. The molecule has 0 aliphatic heterocycles. The molecule has 4 aromatic rings. The molecule has 4 rings (SSSR count). The van der Waals surface area contributed by atoms with Gasteiger partial charge in [0.2, 0.25) is 0 Å². The minimum atomic E-state index is 0.506. The Morgan fingerprint density at radius 3 is 2.21 bits per heavy atom. The summed E-state index contributed by atoms with van der Waals surface area (Å²) in [5.74, 6) is 0.506. The van der Waals surface area contributed by atoms with Crippen molar-refractivity contribution in [3.63, 3.8) is 0 Å². The molecular formula is C23H17Cl2N3. The van der Waals surface area contributed by atoms with Gasteiger partial charge in [-0.3, -0.25) is 4.98 Å². The van der Waals surface area contributed by atoms with Crippen LogP contribution in [0.3, 0.4) is 0 Å². The summed E-state index contributed by atoms with van der Waals surface area (Å²) in [5.41, 5.74) is 12.7. The lowest BCUT2D eigenvalue weighted by Crippen LogP contribution is -1.91. The van der Waals surface area contributed by atoms with Gasteiger partial charge in [0.15, 0.2) is 0 Å². The molecule has 0 atom stereocenters. The number of aromatic nitrogens is 2. The van der Waals surface area contributed by atoms with Crippen molar-refractivity contribution in [2.75, 3.05) is 5.73 Å². The van der Waals surface area contributed by atoms with Crippen molar-refractivity contribution in [3.05, 3.63) is 88.7 Å². The van der Waals surface area contributed by atoms with Gasteiger partial charge in [-0.25, -0.2) is 4.98 Å². The lowest BCUT2D eigenvalue weighted by Gasteiger charge is -2.10. The maximum Gasteiger partial charge on any atom is 0.123 e. The first-order chi connectivity index (χ1) is 13.5. The zero-order valence-electron chi connectivity index (χ0n) is 15.2. The molecule has 2 aromatic carbocycles. The van der Waals surface area contributed by atoms with E-state index in [1.807, 2.05) is 49.4 Å². The Labute approximate surface area is 173 Å². The van der Waals surface area contributed by atoms with Gasteiger partial charge in [-0.05, 0) is 66.1 Å².